The van der Waals surface area contributed by atoms with E-state index in [9.17, 15) is 0 Å². The Labute approximate surface area is 87.7 Å². The Morgan fingerprint density at radius 2 is 2.29 bits per heavy atom. The minimum Gasteiger partial charge on any atom is -0.395 e. The van der Waals surface area contributed by atoms with E-state index >= 15 is 0 Å². The van der Waals surface area contributed by atoms with Crippen LogP contribution < -0.4 is 5.73 Å². The van der Waals surface area contributed by atoms with E-state index in [1.54, 1.807) is 0 Å². The highest BCUT2D eigenvalue weighted by molar-refractivity contribution is 7.09. The molecule has 0 fully saturated rings. The molecule has 0 spiro atoms. The van der Waals surface area contributed by atoms with Crippen LogP contribution in [0.2, 0.25) is 0 Å². The number of hydrogen-bond donors (Lipinski definition) is 2. The van der Waals surface area contributed by atoms with Gasteiger partial charge in [0.1, 0.15) is 10.7 Å². The molecule has 0 aromatic carbocycles. The molecule has 0 bridgehead atoms. The van der Waals surface area contributed by atoms with E-state index in [4.69, 9.17) is 10.8 Å². The molecule has 5 nitrogen and oxygen atoms in total. The summed E-state index contributed by atoms with van der Waals surface area (Å²) in [5.41, 5.74) is 6.49. The maximum absolute atomic E-state index is 8.88. The molecular formula is C8H16N4OS. The van der Waals surface area contributed by atoms with E-state index in [0.29, 0.717) is 24.1 Å². The minimum absolute atomic E-state index is 0.148. The fraction of sp³-hybridized carbons (Fsp3) is 0.750. The van der Waals surface area contributed by atoms with E-state index in [-0.39, 0.29) is 6.61 Å². The van der Waals surface area contributed by atoms with E-state index in [1.807, 2.05) is 0 Å². The van der Waals surface area contributed by atoms with Crippen LogP contribution in [0.25, 0.3) is 0 Å². The van der Waals surface area contributed by atoms with Crippen molar-refractivity contribution in [2.45, 2.75) is 26.4 Å². The molecule has 0 amide bonds. The van der Waals surface area contributed by atoms with Crippen molar-refractivity contribution >= 4 is 16.5 Å². The van der Waals surface area contributed by atoms with Crippen molar-refractivity contribution in [1.29, 1.82) is 0 Å². The van der Waals surface area contributed by atoms with Crippen molar-refractivity contribution in [3.05, 3.63) is 5.69 Å². The second-order valence-corrected chi connectivity index (χ2v) is 4.16. The third-order valence-corrected chi connectivity index (χ3v) is 2.65. The molecule has 0 saturated heterocycles. The second kappa shape index (κ2) is 5.23. The predicted octanol–water partition coefficient (Wildman–Crippen LogP) is 0.323. The summed E-state index contributed by atoms with van der Waals surface area (Å²) in [4.78, 5) is 2.10. The Bertz CT molecular complexity index is 276. The average molecular weight is 216 g/mol. The second-order valence-electron chi connectivity index (χ2n) is 3.37. The lowest BCUT2D eigenvalue weighted by Crippen LogP contribution is -2.33. The van der Waals surface area contributed by atoms with Crippen LogP contribution in [0, 0.1) is 0 Å². The average Bonchev–Trinajstić information content (AvgIpc) is 2.51. The van der Waals surface area contributed by atoms with E-state index in [0.717, 1.165) is 5.69 Å². The zero-order chi connectivity index (χ0) is 10.6. The third kappa shape index (κ3) is 2.90. The molecule has 3 N–H and O–H groups in total. The van der Waals surface area contributed by atoms with Gasteiger partial charge in [0.25, 0.3) is 0 Å². The van der Waals surface area contributed by atoms with Gasteiger partial charge in [0, 0.05) is 30.7 Å². The molecule has 0 aliphatic rings. The van der Waals surface area contributed by atoms with Gasteiger partial charge in [-0.2, -0.15) is 0 Å². The Morgan fingerprint density at radius 1 is 1.57 bits per heavy atom. The SMILES string of the molecule is CC(C)N(CCO)Cc1nnsc1N. The molecule has 1 aromatic heterocycles. The quantitative estimate of drug-likeness (QED) is 0.741. The molecular weight excluding hydrogens is 200 g/mol. The fourth-order valence-corrected chi connectivity index (χ4v) is 1.60. The number of hydrogen-bond acceptors (Lipinski definition) is 6. The van der Waals surface area contributed by atoms with Crippen LogP contribution in [0.4, 0.5) is 5.00 Å². The van der Waals surface area contributed by atoms with Crippen LogP contribution >= 0.6 is 11.5 Å². The Morgan fingerprint density at radius 3 is 2.71 bits per heavy atom. The number of nitrogens with zero attached hydrogens (tertiary/aromatic N) is 3. The zero-order valence-corrected chi connectivity index (χ0v) is 9.29. The molecule has 0 atom stereocenters. The molecule has 6 heteroatoms. The van der Waals surface area contributed by atoms with Gasteiger partial charge in [0.2, 0.25) is 0 Å². The number of aliphatic hydroxyl groups is 1. The van der Waals surface area contributed by atoms with Crippen LogP contribution in [0.5, 0.6) is 0 Å². The first kappa shape index (κ1) is 11.4. The zero-order valence-electron chi connectivity index (χ0n) is 8.47. The van der Waals surface area contributed by atoms with Gasteiger partial charge in [-0.05, 0) is 13.8 Å². The van der Waals surface area contributed by atoms with Gasteiger partial charge in [-0.15, -0.1) is 5.10 Å². The van der Waals surface area contributed by atoms with Crippen LogP contribution in [-0.4, -0.2) is 38.8 Å². The lowest BCUT2D eigenvalue weighted by molar-refractivity contribution is 0.158. The summed E-state index contributed by atoms with van der Waals surface area (Å²) >= 11 is 1.20. The highest BCUT2D eigenvalue weighted by Gasteiger charge is 2.13. The first-order valence-corrected chi connectivity index (χ1v) is 5.34. The Hall–Kier alpha value is -0.720. The number of aliphatic hydroxyl groups excluding tert-OH is 1. The maximum atomic E-state index is 8.88. The first-order valence-electron chi connectivity index (χ1n) is 4.56. The number of anilines is 1. The normalized spacial score (nSPS) is 11.5. The molecule has 1 heterocycles. The highest BCUT2D eigenvalue weighted by Crippen LogP contribution is 2.15. The largest absolute Gasteiger partial charge is 0.395 e. The molecule has 14 heavy (non-hydrogen) atoms. The van der Waals surface area contributed by atoms with Crippen LogP contribution in [0.15, 0.2) is 0 Å². The van der Waals surface area contributed by atoms with Crippen LogP contribution in [0.1, 0.15) is 19.5 Å². The van der Waals surface area contributed by atoms with Gasteiger partial charge < -0.3 is 10.8 Å². The van der Waals surface area contributed by atoms with Gasteiger partial charge in [0.15, 0.2) is 0 Å². The topological polar surface area (TPSA) is 75.3 Å². The summed E-state index contributed by atoms with van der Waals surface area (Å²) in [6, 6.07) is 0.364. The summed E-state index contributed by atoms with van der Waals surface area (Å²) in [5, 5.41) is 13.5. The highest BCUT2D eigenvalue weighted by atomic mass is 32.1. The molecule has 0 radical (unpaired) electrons. The number of rotatable bonds is 5. The van der Waals surface area contributed by atoms with E-state index < -0.39 is 0 Å². The van der Waals surface area contributed by atoms with Crippen LogP contribution in [-0.2, 0) is 6.54 Å². The Balaban J connectivity index is 2.60. The first-order chi connectivity index (χ1) is 6.65. The van der Waals surface area contributed by atoms with Crippen molar-refractivity contribution in [2.24, 2.45) is 0 Å². The van der Waals surface area contributed by atoms with E-state index in [1.165, 1.54) is 11.5 Å². The monoisotopic (exact) mass is 216 g/mol. The molecule has 1 rings (SSSR count). The molecule has 0 saturated carbocycles. The van der Waals surface area contributed by atoms with Crippen molar-refractivity contribution in [3.8, 4) is 0 Å². The van der Waals surface area contributed by atoms with Crippen molar-refractivity contribution < 1.29 is 5.11 Å². The van der Waals surface area contributed by atoms with Gasteiger partial charge in [-0.1, -0.05) is 4.49 Å². The van der Waals surface area contributed by atoms with Gasteiger partial charge in [-0.25, -0.2) is 0 Å². The molecule has 1 aromatic rings. The summed E-state index contributed by atoms with van der Waals surface area (Å²) in [6.07, 6.45) is 0. The fourth-order valence-electron chi connectivity index (χ4n) is 1.17. The number of nitrogens with two attached hydrogens (primary N) is 1. The maximum Gasteiger partial charge on any atom is 0.132 e. The summed E-state index contributed by atoms with van der Waals surface area (Å²) in [7, 11) is 0. The lowest BCUT2D eigenvalue weighted by Gasteiger charge is -2.24. The minimum atomic E-state index is 0.148. The molecule has 80 valence electrons. The van der Waals surface area contributed by atoms with Gasteiger partial charge in [-0.3, -0.25) is 4.90 Å². The summed E-state index contributed by atoms with van der Waals surface area (Å²) in [5.74, 6) is 0. The summed E-state index contributed by atoms with van der Waals surface area (Å²) < 4.78 is 3.77. The smallest absolute Gasteiger partial charge is 0.132 e. The van der Waals surface area contributed by atoms with Crippen LogP contribution in [0.3, 0.4) is 0 Å². The van der Waals surface area contributed by atoms with Gasteiger partial charge in [0.05, 0.1) is 6.61 Å². The standard InChI is InChI=1S/C8H16N4OS/c1-6(2)12(3-4-13)5-7-8(9)14-11-10-7/h6,13H,3-5,9H2,1-2H3. The lowest BCUT2D eigenvalue weighted by atomic mass is 10.3. The van der Waals surface area contributed by atoms with E-state index in [2.05, 4.69) is 28.3 Å². The third-order valence-electron chi connectivity index (χ3n) is 2.06. The molecule has 0 unspecified atom stereocenters. The number of nitrogen functional groups attached to an aromatic ring is 1. The molecule has 0 aliphatic heterocycles. The summed E-state index contributed by atoms with van der Waals surface area (Å²) in [6.45, 7) is 5.59. The number of aromatic nitrogens is 2. The molecule has 0 aliphatic carbocycles. The predicted molar refractivity (Wildman–Crippen MR) is 57.0 cm³/mol. The van der Waals surface area contributed by atoms with Gasteiger partial charge >= 0.3 is 0 Å². The van der Waals surface area contributed by atoms with Crippen molar-refractivity contribution in [1.82, 2.24) is 14.5 Å². The van der Waals surface area contributed by atoms with Crippen molar-refractivity contribution in [2.75, 3.05) is 18.9 Å². The van der Waals surface area contributed by atoms with Crippen molar-refractivity contribution in [3.63, 3.8) is 0 Å². The Kier molecular flexibility index (Phi) is 4.24.